The molecule has 0 fully saturated rings. The molecule has 0 radical (unpaired) electrons. The van der Waals surface area contributed by atoms with Crippen LogP contribution in [-0.2, 0) is 12.8 Å². The molecule has 0 saturated carbocycles. The van der Waals surface area contributed by atoms with E-state index in [9.17, 15) is 0 Å². The van der Waals surface area contributed by atoms with E-state index in [1.807, 2.05) is 0 Å². The SMILES string of the molecule is CCc1cc(N(C)CCc2ccc(Br)cc2)n2ncnc2n1. The van der Waals surface area contributed by atoms with Gasteiger partial charge < -0.3 is 4.90 Å². The lowest BCUT2D eigenvalue weighted by atomic mass is 10.1. The van der Waals surface area contributed by atoms with Crippen molar-refractivity contribution >= 4 is 27.5 Å². The Morgan fingerprint density at radius 2 is 2.00 bits per heavy atom. The molecule has 3 aromatic rings. The molecule has 2 aromatic heterocycles. The summed E-state index contributed by atoms with van der Waals surface area (Å²) in [7, 11) is 2.08. The molecule has 0 amide bonds. The second-order valence-electron chi connectivity index (χ2n) is 5.23. The van der Waals surface area contributed by atoms with Gasteiger partial charge in [-0.3, -0.25) is 0 Å². The van der Waals surface area contributed by atoms with Gasteiger partial charge in [0.05, 0.1) is 0 Å². The van der Waals surface area contributed by atoms with Crippen molar-refractivity contribution < 1.29 is 0 Å². The zero-order valence-corrected chi connectivity index (χ0v) is 14.3. The largest absolute Gasteiger partial charge is 0.359 e. The molecule has 6 heteroatoms. The van der Waals surface area contributed by atoms with Crippen molar-refractivity contribution in [3.8, 4) is 0 Å². The van der Waals surface area contributed by atoms with E-state index in [1.165, 1.54) is 5.56 Å². The Bertz CT molecular complexity index is 766. The van der Waals surface area contributed by atoms with Crippen LogP contribution in [0.15, 0.2) is 41.1 Å². The fourth-order valence-electron chi connectivity index (χ4n) is 2.36. The molecule has 0 saturated heterocycles. The second kappa shape index (κ2) is 6.44. The lowest BCUT2D eigenvalue weighted by Crippen LogP contribution is -2.23. The number of halogens is 1. The van der Waals surface area contributed by atoms with Crippen LogP contribution in [0, 0.1) is 0 Å². The van der Waals surface area contributed by atoms with Crippen molar-refractivity contribution in [3.05, 3.63) is 52.4 Å². The highest BCUT2D eigenvalue weighted by Crippen LogP contribution is 2.16. The summed E-state index contributed by atoms with van der Waals surface area (Å²) in [6, 6.07) is 10.5. The summed E-state index contributed by atoms with van der Waals surface area (Å²) in [4.78, 5) is 10.9. The summed E-state index contributed by atoms with van der Waals surface area (Å²) >= 11 is 3.46. The Morgan fingerprint density at radius 1 is 1.23 bits per heavy atom. The van der Waals surface area contributed by atoms with Crippen LogP contribution in [0.25, 0.3) is 5.78 Å². The molecule has 0 N–H and O–H groups in total. The molecule has 0 aliphatic heterocycles. The monoisotopic (exact) mass is 359 g/mol. The number of aromatic nitrogens is 4. The Morgan fingerprint density at radius 3 is 2.73 bits per heavy atom. The van der Waals surface area contributed by atoms with Crippen LogP contribution in [0.5, 0.6) is 0 Å². The van der Waals surface area contributed by atoms with E-state index in [-0.39, 0.29) is 0 Å². The summed E-state index contributed by atoms with van der Waals surface area (Å²) in [5, 5.41) is 4.28. The van der Waals surface area contributed by atoms with Crippen molar-refractivity contribution in [1.82, 2.24) is 19.6 Å². The van der Waals surface area contributed by atoms with E-state index in [4.69, 9.17) is 0 Å². The first-order valence-corrected chi connectivity index (χ1v) is 8.12. The van der Waals surface area contributed by atoms with Crippen LogP contribution in [0.1, 0.15) is 18.2 Å². The van der Waals surface area contributed by atoms with Crippen LogP contribution in [0.3, 0.4) is 0 Å². The van der Waals surface area contributed by atoms with Gasteiger partial charge in [0.25, 0.3) is 5.78 Å². The standard InChI is InChI=1S/C16H18BrN5/c1-3-14-10-15(22-16(20-14)18-11-19-22)21(2)9-8-12-4-6-13(17)7-5-12/h4-7,10-11H,3,8-9H2,1-2H3. The molecule has 0 aliphatic rings. The van der Waals surface area contributed by atoms with Gasteiger partial charge in [0.1, 0.15) is 12.1 Å². The molecule has 22 heavy (non-hydrogen) atoms. The van der Waals surface area contributed by atoms with Crippen LogP contribution >= 0.6 is 15.9 Å². The van der Waals surface area contributed by atoms with Crippen molar-refractivity contribution in [2.45, 2.75) is 19.8 Å². The molecule has 114 valence electrons. The van der Waals surface area contributed by atoms with E-state index < -0.39 is 0 Å². The first-order valence-electron chi connectivity index (χ1n) is 7.32. The quantitative estimate of drug-likeness (QED) is 0.701. The Balaban J connectivity index is 1.80. The highest BCUT2D eigenvalue weighted by atomic mass is 79.9. The van der Waals surface area contributed by atoms with E-state index >= 15 is 0 Å². The lowest BCUT2D eigenvalue weighted by Gasteiger charge is -2.20. The van der Waals surface area contributed by atoms with E-state index in [0.717, 1.165) is 35.4 Å². The fraction of sp³-hybridized carbons (Fsp3) is 0.312. The summed E-state index contributed by atoms with van der Waals surface area (Å²) in [6.07, 6.45) is 3.41. The smallest absolute Gasteiger partial charge is 0.254 e. The first kappa shape index (κ1) is 15.0. The van der Waals surface area contributed by atoms with Gasteiger partial charge >= 0.3 is 0 Å². The second-order valence-corrected chi connectivity index (χ2v) is 6.14. The van der Waals surface area contributed by atoms with Crippen LogP contribution in [0.4, 0.5) is 5.82 Å². The van der Waals surface area contributed by atoms with Crippen molar-refractivity contribution in [3.63, 3.8) is 0 Å². The van der Waals surface area contributed by atoms with Gasteiger partial charge in [0.15, 0.2) is 0 Å². The van der Waals surface area contributed by atoms with Gasteiger partial charge in [0.2, 0.25) is 0 Å². The average Bonchev–Trinajstić information content (AvgIpc) is 3.01. The molecule has 2 heterocycles. The minimum absolute atomic E-state index is 0.657. The molecule has 3 rings (SSSR count). The number of likely N-dealkylation sites (N-methyl/N-ethyl adjacent to an activating group) is 1. The highest BCUT2D eigenvalue weighted by molar-refractivity contribution is 9.10. The first-order chi connectivity index (χ1) is 10.7. The third-order valence-electron chi connectivity index (χ3n) is 3.69. The summed E-state index contributed by atoms with van der Waals surface area (Å²) in [5.41, 5.74) is 2.35. The normalized spacial score (nSPS) is 11.0. The predicted molar refractivity (Wildman–Crippen MR) is 91.3 cm³/mol. The number of hydrogen-bond donors (Lipinski definition) is 0. The highest BCUT2D eigenvalue weighted by Gasteiger charge is 2.10. The minimum atomic E-state index is 0.657. The van der Waals surface area contributed by atoms with E-state index in [1.54, 1.807) is 10.8 Å². The van der Waals surface area contributed by atoms with Crippen LogP contribution in [0.2, 0.25) is 0 Å². The topological polar surface area (TPSA) is 46.3 Å². The predicted octanol–water partition coefficient (Wildman–Crippen LogP) is 3.13. The summed E-state index contributed by atoms with van der Waals surface area (Å²) in [6.45, 7) is 3.00. The Labute approximate surface area is 138 Å². The maximum absolute atomic E-state index is 4.48. The van der Waals surface area contributed by atoms with Gasteiger partial charge in [-0.15, -0.1) is 0 Å². The summed E-state index contributed by atoms with van der Waals surface area (Å²) < 4.78 is 2.90. The maximum atomic E-state index is 4.48. The fourth-order valence-corrected chi connectivity index (χ4v) is 2.62. The number of hydrogen-bond acceptors (Lipinski definition) is 4. The van der Waals surface area contributed by atoms with Crippen molar-refractivity contribution in [1.29, 1.82) is 0 Å². The third kappa shape index (κ3) is 3.11. The molecule has 0 unspecified atom stereocenters. The number of nitrogens with zero attached hydrogens (tertiary/aromatic N) is 5. The van der Waals surface area contributed by atoms with Gasteiger partial charge in [0, 0.05) is 29.8 Å². The molecular formula is C16H18BrN5. The van der Waals surface area contributed by atoms with Crippen molar-refractivity contribution in [2.24, 2.45) is 0 Å². The lowest BCUT2D eigenvalue weighted by molar-refractivity contribution is 0.807. The van der Waals surface area contributed by atoms with Gasteiger partial charge in [-0.05, 0) is 30.5 Å². The van der Waals surface area contributed by atoms with Crippen LogP contribution < -0.4 is 4.90 Å². The number of fused-ring (bicyclic) bond motifs is 1. The Kier molecular flexibility index (Phi) is 4.38. The van der Waals surface area contributed by atoms with E-state index in [0.29, 0.717) is 5.78 Å². The van der Waals surface area contributed by atoms with E-state index in [2.05, 4.69) is 80.2 Å². The van der Waals surface area contributed by atoms with Gasteiger partial charge in [-0.2, -0.15) is 14.6 Å². The van der Waals surface area contributed by atoms with Crippen LogP contribution in [-0.4, -0.2) is 33.2 Å². The Hall–Kier alpha value is -1.95. The van der Waals surface area contributed by atoms with Gasteiger partial charge in [-0.1, -0.05) is 35.0 Å². The molecule has 0 atom stereocenters. The average molecular weight is 360 g/mol. The number of anilines is 1. The number of aryl methyl sites for hydroxylation is 1. The summed E-state index contributed by atoms with van der Waals surface area (Å²) in [5.74, 6) is 1.68. The van der Waals surface area contributed by atoms with Crippen molar-refractivity contribution in [2.75, 3.05) is 18.5 Å². The zero-order chi connectivity index (χ0) is 15.5. The molecule has 5 nitrogen and oxygen atoms in total. The molecular weight excluding hydrogens is 342 g/mol. The maximum Gasteiger partial charge on any atom is 0.254 e. The zero-order valence-electron chi connectivity index (χ0n) is 12.7. The number of benzene rings is 1. The molecule has 1 aromatic carbocycles. The molecule has 0 spiro atoms. The molecule has 0 bridgehead atoms. The molecule has 0 aliphatic carbocycles. The number of rotatable bonds is 5. The minimum Gasteiger partial charge on any atom is -0.359 e. The van der Waals surface area contributed by atoms with Gasteiger partial charge in [-0.25, -0.2) is 4.98 Å². The third-order valence-corrected chi connectivity index (χ3v) is 4.22.